The van der Waals surface area contributed by atoms with Gasteiger partial charge in [0, 0.05) is 31.5 Å². The van der Waals surface area contributed by atoms with Gasteiger partial charge in [-0.05, 0) is 18.6 Å². The molecule has 0 radical (unpaired) electrons. The molecule has 2 aliphatic rings. The Kier molecular flexibility index (Phi) is 5.13. The van der Waals surface area contributed by atoms with Crippen molar-refractivity contribution in [3.05, 3.63) is 36.3 Å². The molecule has 2 saturated heterocycles. The number of pyridine rings is 1. The third-order valence-corrected chi connectivity index (χ3v) is 6.00. The van der Waals surface area contributed by atoms with E-state index < -0.39 is 24.8 Å². The van der Waals surface area contributed by atoms with E-state index >= 15 is 0 Å². The van der Waals surface area contributed by atoms with Crippen LogP contribution in [0.4, 0.5) is 33.6 Å². The number of rotatable bonds is 4. The molecule has 2 unspecified atom stereocenters. The fraction of sp³-hybridized carbons (Fsp3) is 0.450. The number of fused-ring (bicyclic) bond motifs is 2. The van der Waals surface area contributed by atoms with Crippen LogP contribution < -0.4 is 9.80 Å². The van der Waals surface area contributed by atoms with Crippen molar-refractivity contribution in [2.45, 2.75) is 25.6 Å². The van der Waals surface area contributed by atoms with Crippen LogP contribution in [0.3, 0.4) is 0 Å². The first kappa shape index (κ1) is 21.5. The van der Waals surface area contributed by atoms with Crippen LogP contribution in [-0.2, 0) is 17.5 Å². The van der Waals surface area contributed by atoms with Gasteiger partial charge in [-0.2, -0.15) is 18.3 Å². The Morgan fingerprint density at radius 3 is 2.67 bits per heavy atom. The van der Waals surface area contributed by atoms with E-state index in [0.717, 1.165) is 10.7 Å². The van der Waals surface area contributed by atoms with Crippen LogP contribution in [0, 0.1) is 11.8 Å². The number of hydrogen-bond donors (Lipinski definition) is 0. The minimum atomic E-state index is -4.60. The number of hydrogen-bond acceptors (Lipinski definition) is 6. The highest BCUT2D eigenvalue weighted by molar-refractivity contribution is 5.97. The average Bonchev–Trinajstić information content (AvgIpc) is 3.33. The Bertz CT molecular complexity index is 1200. The summed E-state index contributed by atoms with van der Waals surface area (Å²) < 4.78 is 65.8. The summed E-state index contributed by atoms with van der Waals surface area (Å²) in [5.41, 5.74) is -0.410. The summed E-state index contributed by atoms with van der Waals surface area (Å²) in [6.45, 7) is 0.530. The fourth-order valence-corrected chi connectivity index (χ4v) is 4.47. The van der Waals surface area contributed by atoms with Crippen LogP contribution in [0.15, 0.2) is 30.6 Å². The van der Waals surface area contributed by atoms with Gasteiger partial charge >= 0.3 is 6.18 Å². The lowest BCUT2D eigenvalue weighted by molar-refractivity contribution is -0.141. The van der Waals surface area contributed by atoms with Crippen LogP contribution in [0.5, 0.6) is 0 Å². The quantitative estimate of drug-likeness (QED) is 0.549. The summed E-state index contributed by atoms with van der Waals surface area (Å²) in [5, 5.41) is 3.91. The number of amides is 1. The van der Waals surface area contributed by atoms with E-state index in [0.29, 0.717) is 30.8 Å². The zero-order valence-electron chi connectivity index (χ0n) is 17.1. The molecule has 33 heavy (non-hydrogen) atoms. The first-order chi connectivity index (χ1) is 15.7. The normalized spacial score (nSPS) is 21.3. The van der Waals surface area contributed by atoms with Crippen molar-refractivity contribution >= 4 is 28.7 Å². The van der Waals surface area contributed by atoms with E-state index in [1.165, 1.54) is 29.4 Å². The van der Waals surface area contributed by atoms with Gasteiger partial charge in [0.05, 0.1) is 12.4 Å². The van der Waals surface area contributed by atoms with Gasteiger partial charge in [0.2, 0.25) is 5.91 Å². The van der Waals surface area contributed by atoms with Crippen LogP contribution >= 0.6 is 0 Å². The number of anilines is 2. The second-order valence-corrected chi connectivity index (χ2v) is 8.08. The molecule has 5 rings (SSSR count). The molecule has 3 aromatic heterocycles. The summed E-state index contributed by atoms with van der Waals surface area (Å²) in [7, 11) is 0. The number of alkyl halides is 5. The Balaban J connectivity index is 1.36. The molecular formula is C20H18F5N7O. The second-order valence-electron chi connectivity index (χ2n) is 8.08. The van der Waals surface area contributed by atoms with E-state index in [1.807, 2.05) is 4.90 Å². The maximum Gasteiger partial charge on any atom is 0.433 e. The maximum atomic E-state index is 13.0. The van der Waals surface area contributed by atoms with Gasteiger partial charge in [-0.25, -0.2) is 28.4 Å². The average molecular weight is 467 g/mol. The van der Waals surface area contributed by atoms with Crippen LogP contribution in [0.25, 0.3) is 11.2 Å². The van der Waals surface area contributed by atoms with Gasteiger partial charge in [0.25, 0.3) is 6.43 Å². The van der Waals surface area contributed by atoms with E-state index in [4.69, 9.17) is 0 Å². The van der Waals surface area contributed by atoms with Gasteiger partial charge in [0.15, 0.2) is 5.65 Å². The number of aromatic nitrogens is 5. The highest BCUT2D eigenvalue weighted by Crippen LogP contribution is 2.37. The van der Waals surface area contributed by atoms with Crippen molar-refractivity contribution in [3.8, 4) is 0 Å². The van der Waals surface area contributed by atoms with Crippen molar-refractivity contribution in [1.29, 1.82) is 0 Å². The Hall–Kier alpha value is -3.38. The van der Waals surface area contributed by atoms with E-state index in [-0.39, 0.29) is 35.8 Å². The van der Waals surface area contributed by atoms with Gasteiger partial charge in [0.1, 0.15) is 29.4 Å². The number of nitrogens with zero attached hydrogens (tertiary/aromatic N) is 7. The standard InChI is InChI=1S/C20H18F5N7O/c21-15(22)10-32-18-13(6-27-32)26-7-17(29-18)30-5-4-12-11(8-30)9-31(19(12)33)16-3-1-2-14(28-16)20(23,24)25/h1-3,6-7,11-12,15H,4-5,8-10H2. The monoisotopic (exact) mass is 467 g/mol. The number of carbonyl (C=O) groups is 1. The molecule has 174 valence electrons. The Labute approximate surface area is 184 Å². The Morgan fingerprint density at radius 1 is 1.09 bits per heavy atom. The first-order valence-electron chi connectivity index (χ1n) is 10.3. The molecule has 8 nitrogen and oxygen atoms in total. The third-order valence-electron chi connectivity index (χ3n) is 6.00. The van der Waals surface area contributed by atoms with Gasteiger partial charge in [-0.1, -0.05) is 6.07 Å². The Morgan fingerprint density at radius 2 is 1.91 bits per heavy atom. The third kappa shape index (κ3) is 3.95. The summed E-state index contributed by atoms with van der Waals surface area (Å²) >= 11 is 0. The van der Waals surface area contributed by atoms with Crippen molar-refractivity contribution in [1.82, 2.24) is 24.7 Å². The molecule has 0 aliphatic carbocycles. The number of halogens is 5. The summed E-state index contributed by atoms with van der Waals surface area (Å²) in [6, 6.07) is 3.50. The largest absolute Gasteiger partial charge is 0.433 e. The van der Waals surface area contributed by atoms with Crippen LogP contribution in [-0.4, -0.2) is 56.7 Å². The topological polar surface area (TPSA) is 80.0 Å². The van der Waals surface area contributed by atoms with Crippen molar-refractivity contribution in [3.63, 3.8) is 0 Å². The zero-order valence-corrected chi connectivity index (χ0v) is 17.1. The fourth-order valence-electron chi connectivity index (χ4n) is 4.47. The number of carbonyl (C=O) groups excluding carboxylic acids is 1. The SMILES string of the molecule is O=C1C2CCN(c3cnc4cnn(CC(F)F)c4n3)CC2CN1c1cccc(C(F)(F)F)n1. The molecule has 0 bridgehead atoms. The lowest BCUT2D eigenvalue weighted by Gasteiger charge is -2.33. The van der Waals surface area contributed by atoms with E-state index in [2.05, 4.69) is 20.1 Å². The predicted octanol–water partition coefficient (Wildman–Crippen LogP) is 2.99. The minimum Gasteiger partial charge on any atom is -0.355 e. The molecule has 1 amide bonds. The molecule has 3 aromatic rings. The lowest BCUT2D eigenvalue weighted by atomic mass is 9.88. The molecule has 0 spiro atoms. The van der Waals surface area contributed by atoms with E-state index in [9.17, 15) is 26.7 Å². The van der Waals surface area contributed by atoms with Gasteiger partial charge < -0.3 is 4.90 Å². The molecule has 2 aliphatic heterocycles. The molecule has 0 N–H and O–H groups in total. The lowest BCUT2D eigenvalue weighted by Crippen LogP contribution is -2.41. The van der Waals surface area contributed by atoms with Crippen LogP contribution in [0.2, 0.25) is 0 Å². The second kappa shape index (κ2) is 7.89. The smallest absolute Gasteiger partial charge is 0.355 e. The summed E-state index contributed by atoms with van der Waals surface area (Å²) in [6.07, 6.45) is -3.81. The number of piperidine rings is 1. The highest BCUT2D eigenvalue weighted by Gasteiger charge is 2.45. The molecule has 2 fully saturated rings. The van der Waals surface area contributed by atoms with Crippen molar-refractivity contribution in [2.24, 2.45) is 11.8 Å². The predicted molar refractivity (Wildman–Crippen MR) is 107 cm³/mol. The van der Waals surface area contributed by atoms with Crippen molar-refractivity contribution < 1.29 is 26.7 Å². The molecular weight excluding hydrogens is 449 g/mol. The summed E-state index contributed by atoms with van der Waals surface area (Å²) in [5.74, 6) is -0.277. The molecule has 5 heterocycles. The molecule has 0 saturated carbocycles. The van der Waals surface area contributed by atoms with E-state index in [1.54, 1.807) is 0 Å². The van der Waals surface area contributed by atoms with Gasteiger partial charge in [-0.3, -0.25) is 9.69 Å². The molecule has 13 heteroatoms. The van der Waals surface area contributed by atoms with Gasteiger partial charge in [-0.15, -0.1) is 0 Å². The summed E-state index contributed by atoms with van der Waals surface area (Å²) in [4.78, 5) is 28.5. The minimum absolute atomic E-state index is 0.0205. The zero-order chi connectivity index (χ0) is 23.3. The van der Waals surface area contributed by atoms with Crippen molar-refractivity contribution in [2.75, 3.05) is 29.4 Å². The molecule has 2 atom stereocenters. The first-order valence-corrected chi connectivity index (χ1v) is 10.3. The maximum absolute atomic E-state index is 13.0. The van der Waals surface area contributed by atoms with Crippen LogP contribution in [0.1, 0.15) is 12.1 Å². The highest BCUT2D eigenvalue weighted by atomic mass is 19.4. The molecule has 0 aromatic carbocycles.